The Morgan fingerprint density at radius 3 is 2.56 bits per heavy atom. The molecule has 17 heteroatoms. The van der Waals surface area contributed by atoms with Crippen LogP contribution >= 0.6 is 15.9 Å². The minimum Gasteiger partial charge on any atom is -0.378 e. The van der Waals surface area contributed by atoms with E-state index in [2.05, 4.69) is 46.6 Å². The summed E-state index contributed by atoms with van der Waals surface area (Å²) >= 11 is 3.28. The lowest BCUT2D eigenvalue weighted by Crippen LogP contribution is -2.44. The average Bonchev–Trinajstić information content (AvgIpc) is 3.67. The normalized spacial score (nSPS) is 15.7. The topological polar surface area (TPSA) is 197 Å². The predicted molar refractivity (Wildman–Crippen MR) is 184 cm³/mol. The molecule has 0 aliphatic carbocycles. The van der Waals surface area contributed by atoms with Gasteiger partial charge in [-0.15, -0.1) is 0 Å². The molecule has 0 radical (unpaired) electrons. The Hall–Kier alpha value is -4.71. The first-order valence-electron chi connectivity index (χ1n) is 15.9. The molecule has 1 aliphatic rings. The number of alkyl halides is 1. The highest BCUT2D eigenvalue weighted by atomic mass is 79.9. The number of ketones is 1. The molecule has 264 valence electrons. The number of fused-ring (bicyclic) bond motifs is 1. The lowest BCUT2D eigenvalue weighted by Gasteiger charge is -2.24. The first-order valence-corrected chi connectivity index (χ1v) is 16.7. The van der Waals surface area contributed by atoms with E-state index in [1.165, 1.54) is 16.5 Å². The fourth-order valence-electron chi connectivity index (χ4n) is 5.39. The number of benzene rings is 1. The summed E-state index contributed by atoms with van der Waals surface area (Å²) in [6, 6.07) is 7.72. The number of Topliss-reactive ketones (excluding diaryl/α,β-unsaturated/α-hetero) is 1. The van der Waals surface area contributed by atoms with Gasteiger partial charge in [-0.25, -0.2) is 19.3 Å². The number of nitrogens with zero attached hydrogens (tertiary/aromatic N) is 6. The van der Waals surface area contributed by atoms with Gasteiger partial charge in [-0.3, -0.25) is 23.9 Å². The third-order valence-corrected chi connectivity index (χ3v) is 8.34. The van der Waals surface area contributed by atoms with Gasteiger partial charge in [0.25, 0.3) is 0 Å². The van der Waals surface area contributed by atoms with Crippen molar-refractivity contribution in [1.29, 1.82) is 0 Å². The van der Waals surface area contributed by atoms with Crippen LogP contribution in [-0.4, -0.2) is 105 Å². The zero-order valence-corrected chi connectivity index (χ0v) is 29.1. The number of aromatic nitrogens is 5. The van der Waals surface area contributed by atoms with E-state index < -0.39 is 24.0 Å². The van der Waals surface area contributed by atoms with E-state index in [0.29, 0.717) is 63.6 Å². The number of halogens is 2. The monoisotopic (exact) mass is 753 g/mol. The van der Waals surface area contributed by atoms with Crippen LogP contribution in [0, 0.1) is 6.92 Å². The van der Waals surface area contributed by atoms with E-state index in [9.17, 15) is 23.6 Å². The second kappa shape index (κ2) is 16.8. The lowest BCUT2D eigenvalue weighted by atomic mass is 10.0. The summed E-state index contributed by atoms with van der Waals surface area (Å²) in [6.45, 7) is 4.02. The van der Waals surface area contributed by atoms with Crippen LogP contribution in [0.15, 0.2) is 47.3 Å². The molecule has 50 heavy (non-hydrogen) atoms. The molecule has 15 nitrogen and oxygen atoms in total. The zero-order valence-electron chi connectivity index (χ0n) is 27.5. The van der Waals surface area contributed by atoms with Gasteiger partial charge in [-0.1, -0.05) is 12.1 Å². The standard InChI is InChI=1S/C33H37BrFN9O6/c1-19-3-6-27(34)40-32(19)41-33(48)26-12-23(35)16-43(26)30(47)17-44-25-5-4-21(11-24(25)31(42-44)20(2)45)22-13-37-28(38-14-22)15-39-29(46)18-50-10-9-49-8-7-36/h3-6,11,13-14,23,26H,7-10,12,15-18,36H2,1-2H3,(H,39,46)(H,40,41,48)/t23-,26+/m1/s1. The maximum Gasteiger partial charge on any atom is 0.248 e. The molecule has 5 rings (SSSR count). The van der Waals surface area contributed by atoms with Crippen LogP contribution in [0.4, 0.5) is 10.2 Å². The summed E-state index contributed by atoms with van der Waals surface area (Å²) in [5, 5.41) is 10.3. The molecule has 3 amide bonds. The molecule has 2 atom stereocenters. The molecule has 1 aromatic carbocycles. The maximum absolute atomic E-state index is 14.6. The van der Waals surface area contributed by atoms with Crippen LogP contribution in [0.3, 0.4) is 0 Å². The summed E-state index contributed by atoms with van der Waals surface area (Å²) in [5.74, 6) is -1.00. The molecular weight excluding hydrogens is 717 g/mol. The molecular formula is C33H37BrFN9O6. The molecule has 1 fully saturated rings. The van der Waals surface area contributed by atoms with Crippen molar-refractivity contribution in [2.45, 2.75) is 45.6 Å². The van der Waals surface area contributed by atoms with Gasteiger partial charge in [-0.05, 0) is 52.2 Å². The number of anilines is 1. The van der Waals surface area contributed by atoms with Crippen molar-refractivity contribution in [1.82, 2.24) is 34.9 Å². The van der Waals surface area contributed by atoms with Crippen molar-refractivity contribution in [3.05, 3.63) is 64.4 Å². The van der Waals surface area contributed by atoms with Crippen molar-refractivity contribution in [2.24, 2.45) is 5.73 Å². The number of rotatable bonds is 15. The summed E-state index contributed by atoms with van der Waals surface area (Å²) in [5.41, 5.74) is 8.06. The van der Waals surface area contributed by atoms with E-state index in [1.54, 1.807) is 49.6 Å². The predicted octanol–water partition coefficient (Wildman–Crippen LogP) is 2.35. The molecule has 4 aromatic rings. The van der Waals surface area contributed by atoms with Gasteiger partial charge in [0.05, 0.1) is 38.4 Å². The quantitative estimate of drug-likeness (QED) is 0.0916. The Morgan fingerprint density at radius 1 is 1.06 bits per heavy atom. The highest BCUT2D eigenvalue weighted by Gasteiger charge is 2.40. The molecule has 4 heterocycles. The number of nitrogens with one attached hydrogen (secondary N) is 2. The second-order valence-corrected chi connectivity index (χ2v) is 12.4. The van der Waals surface area contributed by atoms with E-state index in [0.717, 1.165) is 0 Å². The van der Waals surface area contributed by atoms with Crippen LogP contribution in [0.25, 0.3) is 22.0 Å². The molecule has 1 aliphatic heterocycles. The largest absolute Gasteiger partial charge is 0.378 e. The van der Waals surface area contributed by atoms with Crippen LogP contribution in [0.5, 0.6) is 0 Å². The van der Waals surface area contributed by atoms with Gasteiger partial charge >= 0.3 is 0 Å². The van der Waals surface area contributed by atoms with Gasteiger partial charge in [0, 0.05) is 43.2 Å². The van der Waals surface area contributed by atoms with E-state index in [1.807, 2.05) is 0 Å². The van der Waals surface area contributed by atoms with Crippen molar-refractivity contribution >= 4 is 56.2 Å². The molecule has 0 spiro atoms. The number of carbonyl (C=O) groups is 4. The van der Waals surface area contributed by atoms with Crippen molar-refractivity contribution in [2.75, 3.05) is 44.8 Å². The Kier molecular flexibility index (Phi) is 12.3. The number of aryl methyl sites for hydroxylation is 1. The first-order chi connectivity index (χ1) is 24.0. The minimum absolute atomic E-state index is 0.101. The van der Waals surface area contributed by atoms with E-state index >= 15 is 0 Å². The summed E-state index contributed by atoms with van der Waals surface area (Å²) < 4.78 is 27.0. The summed E-state index contributed by atoms with van der Waals surface area (Å²) in [6.07, 6.45) is 1.66. The van der Waals surface area contributed by atoms with E-state index in [4.69, 9.17) is 15.2 Å². The number of amides is 3. The average molecular weight is 755 g/mol. The number of hydrogen-bond acceptors (Lipinski definition) is 11. The van der Waals surface area contributed by atoms with Gasteiger partial charge in [0.1, 0.15) is 47.3 Å². The summed E-state index contributed by atoms with van der Waals surface area (Å²) in [7, 11) is 0. The van der Waals surface area contributed by atoms with Crippen LogP contribution < -0.4 is 16.4 Å². The number of hydrogen-bond donors (Lipinski definition) is 3. The fraction of sp³-hybridized carbons (Fsp3) is 0.394. The second-order valence-electron chi connectivity index (χ2n) is 11.6. The Balaban J connectivity index is 1.25. The number of likely N-dealkylation sites (tertiary alicyclic amines) is 1. The van der Waals surface area contributed by atoms with Crippen molar-refractivity contribution < 1.29 is 33.0 Å². The van der Waals surface area contributed by atoms with Crippen LogP contribution in [-0.2, 0) is 36.9 Å². The molecule has 1 saturated heterocycles. The third-order valence-electron chi connectivity index (χ3n) is 7.90. The van der Waals surface area contributed by atoms with Crippen LogP contribution in [0.2, 0.25) is 0 Å². The van der Waals surface area contributed by atoms with Crippen molar-refractivity contribution in [3.8, 4) is 11.1 Å². The minimum atomic E-state index is -1.38. The maximum atomic E-state index is 14.6. The van der Waals surface area contributed by atoms with Crippen LogP contribution in [0.1, 0.15) is 35.2 Å². The molecule has 3 aromatic heterocycles. The van der Waals surface area contributed by atoms with Crippen molar-refractivity contribution in [3.63, 3.8) is 0 Å². The molecule has 0 unspecified atom stereocenters. The van der Waals surface area contributed by atoms with Gasteiger partial charge in [-0.2, -0.15) is 5.10 Å². The highest BCUT2D eigenvalue weighted by Crippen LogP contribution is 2.28. The Morgan fingerprint density at radius 2 is 1.82 bits per heavy atom. The molecule has 4 N–H and O–H groups in total. The lowest BCUT2D eigenvalue weighted by molar-refractivity contribution is -0.137. The molecule has 0 bridgehead atoms. The third kappa shape index (κ3) is 9.09. The fourth-order valence-corrected chi connectivity index (χ4v) is 5.70. The highest BCUT2D eigenvalue weighted by molar-refractivity contribution is 9.10. The van der Waals surface area contributed by atoms with Gasteiger partial charge in [0.2, 0.25) is 17.7 Å². The zero-order chi connectivity index (χ0) is 35.8. The number of ether oxygens (including phenoxy) is 2. The summed E-state index contributed by atoms with van der Waals surface area (Å²) in [4.78, 5) is 65.5. The number of carbonyl (C=O) groups excluding carboxylic acids is 4. The first kappa shape index (κ1) is 36.6. The Labute approximate surface area is 295 Å². The van der Waals surface area contributed by atoms with Gasteiger partial charge < -0.3 is 30.7 Å². The SMILES string of the molecule is CC(=O)c1nn(CC(=O)N2C[C@H](F)C[C@H]2C(=O)Nc2nc(Br)ccc2C)c2ccc(-c3cnc(CNC(=O)COCCOCCN)nc3)cc12. The van der Waals surface area contributed by atoms with E-state index in [-0.39, 0.29) is 56.7 Å². The molecule has 0 saturated carbocycles. The Bertz CT molecular complexity index is 1870. The van der Waals surface area contributed by atoms with Gasteiger partial charge in [0.15, 0.2) is 5.78 Å². The number of pyridine rings is 1. The smallest absolute Gasteiger partial charge is 0.248 e. The number of nitrogens with two attached hydrogens (primary N) is 1.